The molecule has 0 spiro atoms. The fourth-order valence-corrected chi connectivity index (χ4v) is 3.34. The van der Waals surface area contributed by atoms with Crippen LogP contribution in [0.25, 0.3) is 5.65 Å². The molecule has 24 heavy (non-hydrogen) atoms. The van der Waals surface area contributed by atoms with Crippen LogP contribution in [-0.4, -0.2) is 55.5 Å². The number of piperazine rings is 1. The highest BCUT2D eigenvalue weighted by Gasteiger charge is 2.26. The molecule has 126 valence electrons. The molecule has 3 aromatic rings. The highest BCUT2D eigenvalue weighted by Crippen LogP contribution is 2.21. The zero-order valence-electron chi connectivity index (χ0n) is 14.2. The van der Waals surface area contributed by atoms with Gasteiger partial charge >= 0.3 is 0 Å². The summed E-state index contributed by atoms with van der Waals surface area (Å²) >= 11 is 0. The van der Waals surface area contributed by atoms with Crippen LogP contribution in [0.1, 0.15) is 23.9 Å². The number of aryl methyl sites for hydroxylation is 2. The average Bonchev–Trinajstić information content (AvgIpc) is 3.16. The van der Waals surface area contributed by atoms with Gasteiger partial charge in [0.15, 0.2) is 5.65 Å². The van der Waals surface area contributed by atoms with Gasteiger partial charge < -0.3 is 9.42 Å². The van der Waals surface area contributed by atoms with Crippen LogP contribution in [0.15, 0.2) is 23.0 Å². The number of anilines is 1. The number of hydrogen-bond acceptors (Lipinski definition) is 7. The van der Waals surface area contributed by atoms with Crippen molar-refractivity contribution in [1.29, 1.82) is 0 Å². The molecule has 0 saturated carbocycles. The molecule has 4 heterocycles. The lowest BCUT2D eigenvalue weighted by Gasteiger charge is -2.40. The molecule has 1 aliphatic rings. The van der Waals surface area contributed by atoms with E-state index in [0.717, 1.165) is 49.1 Å². The zero-order chi connectivity index (χ0) is 16.7. The van der Waals surface area contributed by atoms with Crippen LogP contribution >= 0.6 is 0 Å². The van der Waals surface area contributed by atoms with Gasteiger partial charge in [0.2, 0.25) is 0 Å². The van der Waals surface area contributed by atoms with Crippen LogP contribution < -0.4 is 4.90 Å². The van der Waals surface area contributed by atoms with E-state index < -0.39 is 0 Å². The van der Waals surface area contributed by atoms with Crippen molar-refractivity contribution in [1.82, 2.24) is 29.9 Å². The van der Waals surface area contributed by atoms with Crippen LogP contribution in [0.2, 0.25) is 0 Å². The van der Waals surface area contributed by atoms with Gasteiger partial charge in [0.1, 0.15) is 17.9 Å². The number of hydrogen-bond donors (Lipinski definition) is 0. The fraction of sp³-hybridized carbons (Fsp3) is 0.500. The van der Waals surface area contributed by atoms with E-state index in [4.69, 9.17) is 4.52 Å². The van der Waals surface area contributed by atoms with Crippen molar-refractivity contribution < 1.29 is 4.52 Å². The van der Waals surface area contributed by atoms with Crippen molar-refractivity contribution in [2.45, 2.75) is 33.4 Å². The molecule has 0 aromatic carbocycles. The molecule has 1 saturated heterocycles. The van der Waals surface area contributed by atoms with Gasteiger partial charge in [-0.05, 0) is 32.9 Å². The van der Waals surface area contributed by atoms with Crippen LogP contribution in [-0.2, 0) is 6.54 Å². The van der Waals surface area contributed by atoms with Crippen LogP contribution in [0, 0.1) is 13.8 Å². The van der Waals surface area contributed by atoms with Crippen molar-refractivity contribution in [2.24, 2.45) is 0 Å². The number of fused-ring (bicyclic) bond motifs is 1. The van der Waals surface area contributed by atoms with E-state index >= 15 is 0 Å². The molecule has 3 aromatic heterocycles. The van der Waals surface area contributed by atoms with Gasteiger partial charge in [0.25, 0.3) is 0 Å². The highest BCUT2D eigenvalue weighted by molar-refractivity contribution is 5.46. The van der Waals surface area contributed by atoms with E-state index in [1.807, 2.05) is 26.0 Å². The van der Waals surface area contributed by atoms with Gasteiger partial charge in [-0.3, -0.25) is 4.90 Å². The maximum atomic E-state index is 5.28. The molecule has 0 bridgehead atoms. The van der Waals surface area contributed by atoms with Crippen LogP contribution in [0.3, 0.4) is 0 Å². The van der Waals surface area contributed by atoms with Crippen LogP contribution in [0.4, 0.5) is 5.82 Å². The monoisotopic (exact) mass is 327 g/mol. The molecule has 8 nitrogen and oxygen atoms in total. The van der Waals surface area contributed by atoms with Crippen molar-refractivity contribution in [3.8, 4) is 0 Å². The predicted octanol–water partition coefficient (Wildman–Crippen LogP) is 1.44. The molecular formula is C16H21N7O. The summed E-state index contributed by atoms with van der Waals surface area (Å²) < 4.78 is 7.00. The molecule has 1 fully saturated rings. The molecular weight excluding hydrogens is 306 g/mol. The Bertz CT molecular complexity index is 836. The number of rotatable bonds is 3. The molecule has 0 radical (unpaired) electrons. The lowest BCUT2D eigenvalue weighted by atomic mass is 10.1. The normalized spacial score (nSPS) is 19.3. The third kappa shape index (κ3) is 2.62. The van der Waals surface area contributed by atoms with Gasteiger partial charge in [0.05, 0.1) is 5.69 Å². The highest BCUT2D eigenvalue weighted by atomic mass is 16.5. The lowest BCUT2D eigenvalue weighted by Crippen LogP contribution is -2.52. The first-order valence-corrected chi connectivity index (χ1v) is 8.19. The minimum absolute atomic E-state index is 0.376. The number of nitrogens with zero attached hydrogens (tertiary/aromatic N) is 7. The second kappa shape index (κ2) is 5.86. The van der Waals surface area contributed by atoms with Crippen molar-refractivity contribution in [3.63, 3.8) is 0 Å². The Balaban J connectivity index is 1.48. The quantitative estimate of drug-likeness (QED) is 0.720. The summed E-state index contributed by atoms with van der Waals surface area (Å²) in [5.74, 6) is 1.88. The molecule has 8 heteroatoms. The van der Waals surface area contributed by atoms with E-state index in [2.05, 4.69) is 37.2 Å². The Morgan fingerprint density at radius 1 is 1.25 bits per heavy atom. The molecule has 1 atom stereocenters. The second-order valence-corrected chi connectivity index (χ2v) is 6.41. The van der Waals surface area contributed by atoms with E-state index in [1.54, 1.807) is 10.8 Å². The smallest absolute Gasteiger partial charge is 0.177 e. The van der Waals surface area contributed by atoms with Crippen molar-refractivity contribution in [3.05, 3.63) is 35.5 Å². The SMILES string of the molecule is Cc1noc(C)c1CN1CCN(c2ccc3nncn3n2)[C@@H](C)C1. The minimum atomic E-state index is 0.376. The summed E-state index contributed by atoms with van der Waals surface area (Å²) in [7, 11) is 0. The molecule has 0 unspecified atom stereocenters. The Morgan fingerprint density at radius 2 is 2.12 bits per heavy atom. The summed E-state index contributed by atoms with van der Waals surface area (Å²) in [5.41, 5.74) is 2.96. The Kier molecular flexibility index (Phi) is 3.68. The summed E-state index contributed by atoms with van der Waals surface area (Å²) in [5, 5.41) is 16.6. The van der Waals surface area contributed by atoms with Gasteiger partial charge in [-0.1, -0.05) is 5.16 Å². The Labute approximate surface area is 140 Å². The minimum Gasteiger partial charge on any atom is -0.361 e. The first kappa shape index (κ1) is 15.1. The van der Waals surface area contributed by atoms with Gasteiger partial charge in [-0.15, -0.1) is 15.3 Å². The molecule has 0 N–H and O–H groups in total. The zero-order valence-corrected chi connectivity index (χ0v) is 14.2. The van der Waals surface area contributed by atoms with Crippen molar-refractivity contribution >= 4 is 11.5 Å². The number of aromatic nitrogens is 5. The second-order valence-electron chi connectivity index (χ2n) is 6.41. The van der Waals surface area contributed by atoms with Gasteiger partial charge in [-0.25, -0.2) is 0 Å². The third-order valence-electron chi connectivity index (χ3n) is 4.72. The molecule has 0 amide bonds. The topological polar surface area (TPSA) is 75.6 Å². The first-order chi connectivity index (χ1) is 11.6. The average molecular weight is 327 g/mol. The summed E-state index contributed by atoms with van der Waals surface area (Å²) in [6, 6.07) is 4.35. The Hall–Kier alpha value is -2.48. The predicted molar refractivity (Wildman–Crippen MR) is 88.8 cm³/mol. The van der Waals surface area contributed by atoms with Gasteiger partial charge in [-0.2, -0.15) is 4.52 Å². The fourth-order valence-electron chi connectivity index (χ4n) is 3.34. The van der Waals surface area contributed by atoms with Crippen molar-refractivity contribution in [2.75, 3.05) is 24.5 Å². The van der Waals surface area contributed by atoms with E-state index in [9.17, 15) is 0 Å². The summed E-state index contributed by atoms with van der Waals surface area (Å²) in [6.07, 6.45) is 1.64. The van der Waals surface area contributed by atoms with E-state index in [0.29, 0.717) is 6.04 Å². The van der Waals surface area contributed by atoms with E-state index in [1.165, 1.54) is 5.56 Å². The standard InChI is InChI=1S/C16H21N7O/c1-11-8-21(9-14-12(2)20-24-13(14)3)6-7-22(11)16-5-4-15-18-17-10-23(15)19-16/h4-5,10-11H,6-9H2,1-3H3/t11-/m0/s1. The largest absolute Gasteiger partial charge is 0.361 e. The summed E-state index contributed by atoms with van der Waals surface area (Å²) in [4.78, 5) is 4.79. The summed E-state index contributed by atoms with van der Waals surface area (Å²) in [6.45, 7) is 10.00. The third-order valence-corrected chi connectivity index (χ3v) is 4.72. The van der Waals surface area contributed by atoms with Gasteiger partial charge in [0, 0.05) is 37.8 Å². The maximum Gasteiger partial charge on any atom is 0.177 e. The Morgan fingerprint density at radius 3 is 2.88 bits per heavy atom. The molecule has 0 aliphatic carbocycles. The lowest BCUT2D eigenvalue weighted by molar-refractivity contribution is 0.218. The van der Waals surface area contributed by atoms with Crippen LogP contribution in [0.5, 0.6) is 0 Å². The van der Waals surface area contributed by atoms with E-state index in [-0.39, 0.29) is 0 Å². The molecule has 1 aliphatic heterocycles. The first-order valence-electron chi connectivity index (χ1n) is 8.19. The maximum absolute atomic E-state index is 5.28. The molecule has 4 rings (SSSR count).